The lowest BCUT2D eigenvalue weighted by molar-refractivity contribution is 0.439. The number of rotatable bonds is 4. The molecule has 17 heavy (non-hydrogen) atoms. The fourth-order valence-electron chi connectivity index (χ4n) is 1.60. The molecule has 4 heteroatoms. The van der Waals surface area contributed by atoms with Gasteiger partial charge in [-0.1, -0.05) is 26.8 Å². The first-order chi connectivity index (χ1) is 8.08. The van der Waals surface area contributed by atoms with Crippen molar-refractivity contribution < 1.29 is 0 Å². The van der Waals surface area contributed by atoms with Crippen LogP contribution in [0.15, 0.2) is 18.2 Å². The Balaban J connectivity index is 2.12. The summed E-state index contributed by atoms with van der Waals surface area (Å²) in [5, 5.41) is 7.74. The second-order valence-corrected chi connectivity index (χ2v) is 4.97. The highest BCUT2D eigenvalue weighted by molar-refractivity contribution is 5.44. The minimum absolute atomic E-state index is 0.614. The molecule has 0 radical (unpaired) electrons. The molecule has 2 heterocycles. The fourth-order valence-corrected chi connectivity index (χ4v) is 1.60. The van der Waals surface area contributed by atoms with Gasteiger partial charge in [0, 0.05) is 12.2 Å². The van der Waals surface area contributed by atoms with Crippen LogP contribution >= 0.6 is 0 Å². The van der Waals surface area contributed by atoms with Crippen LogP contribution in [0.4, 0.5) is 5.95 Å². The second-order valence-electron chi connectivity index (χ2n) is 4.97. The predicted octanol–water partition coefficient (Wildman–Crippen LogP) is 2.74. The molecule has 1 N–H and O–H groups in total. The summed E-state index contributed by atoms with van der Waals surface area (Å²) in [5.41, 5.74) is 1.99. The van der Waals surface area contributed by atoms with Crippen molar-refractivity contribution in [2.75, 3.05) is 11.9 Å². The molecule has 2 aromatic rings. The number of hydrogen-bond donors (Lipinski definition) is 1. The van der Waals surface area contributed by atoms with Gasteiger partial charge in [-0.05, 0) is 30.9 Å². The monoisotopic (exact) mass is 232 g/mol. The van der Waals surface area contributed by atoms with E-state index in [0.717, 1.165) is 17.9 Å². The van der Waals surface area contributed by atoms with Crippen LogP contribution in [-0.4, -0.2) is 21.1 Å². The summed E-state index contributed by atoms with van der Waals surface area (Å²) in [4.78, 5) is 4.45. The standard InChI is InChI=1S/C13H20N4/c1-9(2)10(3)8-14-13-15-12-7-5-6-11(4)17(12)16-13/h5-7,9-10H,8H2,1-4H3,(H,14,16). The third kappa shape index (κ3) is 2.57. The van der Waals surface area contributed by atoms with E-state index in [9.17, 15) is 0 Å². The second kappa shape index (κ2) is 4.73. The summed E-state index contributed by atoms with van der Waals surface area (Å²) in [6.45, 7) is 9.63. The van der Waals surface area contributed by atoms with E-state index in [-0.39, 0.29) is 0 Å². The van der Waals surface area contributed by atoms with Gasteiger partial charge in [0.15, 0.2) is 5.65 Å². The van der Waals surface area contributed by atoms with Crippen molar-refractivity contribution >= 4 is 11.6 Å². The molecule has 0 saturated heterocycles. The van der Waals surface area contributed by atoms with Crippen LogP contribution in [0.1, 0.15) is 26.5 Å². The number of hydrogen-bond acceptors (Lipinski definition) is 3. The Kier molecular flexibility index (Phi) is 3.31. The van der Waals surface area contributed by atoms with Crippen molar-refractivity contribution in [2.45, 2.75) is 27.7 Å². The molecule has 0 spiro atoms. The van der Waals surface area contributed by atoms with E-state index in [2.05, 4.69) is 36.2 Å². The van der Waals surface area contributed by atoms with E-state index in [0.29, 0.717) is 17.8 Å². The zero-order valence-electron chi connectivity index (χ0n) is 10.9. The summed E-state index contributed by atoms with van der Waals surface area (Å²) in [5.74, 6) is 2.00. The van der Waals surface area contributed by atoms with Gasteiger partial charge < -0.3 is 5.32 Å². The maximum Gasteiger partial charge on any atom is 0.243 e. The maximum absolute atomic E-state index is 4.45. The zero-order valence-corrected chi connectivity index (χ0v) is 10.9. The van der Waals surface area contributed by atoms with Crippen LogP contribution in [0.3, 0.4) is 0 Å². The molecule has 92 valence electrons. The molecule has 0 aromatic carbocycles. The SMILES string of the molecule is Cc1cccc2nc(NCC(C)C(C)C)nn12. The van der Waals surface area contributed by atoms with Gasteiger partial charge in [0.25, 0.3) is 0 Å². The smallest absolute Gasteiger partial charge is 0.243 e. The Morgan fingerprint density at radius 3 is 2.71 bits per heavy atom. The first kappa shape index (κ1) is 11.9. The number of aromatic nitrogens is 3. The number of fused-ring (bicyclic) bond motifs is 1. The van der Waals surface area contributed by atoms with Crippen molar-refractivity contribution in [3.05, 3.63) is 23.9 Å². The van der Waals surface area contributed by atoms with E-state index >= 15 is 0 Å². The van der Waals surface area contributed by atoms with E-state index in [1.54, 1.807) is 0 Å². The highest BCUT2D eigenvalue weighted by Gasteiger charge is 2.09. The van der Waals surface area contributed by atoms with Crippen LogP contribution in [-0.2, 0) is 0 Å². The first-order valence-electron chi connectivity index (χ1n) is 6.14. The highest BCUT2D eigenvalue weighted by Crippen LogP contribution is 2.12. The molecule has 0 aliphatic heterocycles. The molecule has 0 bridgehead atoms. The molecule has 1 unspecified atom stereocenters. The lowest BCUT2D eigenvalue weighted by Gasteiger charge is -2.14. The topological polar surface area (TPSA) is 42.2 Å². The van der Waals surface area contributed by atoms with E-state index in [4.69, 9.17) is 0 Å². The number of nitrogens with one attached hydrogen (secondary N) is 1. The molecule has 0 amide bonds. The van der Waals surface area contributed by atoms with Crippen LogP contribution in [0, 0.1) is 18.8 Å². The number of anilines is 1. The van der Waals surface area contributed by atoms with Crippen molar-refractivity contribution in [1.29, 1.82) is 0 Å². The van der Waals surface area contributed by atoms with Gasteiger partial charge in [-0.2, -0.15) is 4.98 Å². The summed E-state index contributed by atoms with van der Waals surface area (Å²) >= 11 is 0. The molecule has 0 saturated carbocycles. The van der Waals surface area contributed by atoms with Crippen molar-refractivity contribution in [1.82, 2.24) is 14.6 Å². The van der Waals surface area contributed by atoms with Crippen molar-refractivity contribution in [2.24, 2.45) is 11.8 Å². The first-order valence-corrected chi connectivity index (χ1v) is 6.14. The van der Waals surface area contributed by atoms with Crippen LogP contribution in [0.25, 0.3) is 5.65 Å². The average Bonchev–Trinajstić information content (AvgIpc) is 2.70. The molecule has 2 rings (SSSR count). The van der Waals surface area contributed by atoms with Crippen LogP contribution < -0.4 is 5.32 Å². The van der Waals surface area contributed by atoms with E-state index < -0.39 is 0 Å². The van der Waals surface area contributed by atoms with Gasteiger partial charge >= 0.3 is 0 Å². The number of nitrogens with zero attached hydrogens (tertiary/aromatic N) is 3. The van der Waals surface area contributed by atoms with Crippen molar-refractivity contribution in [3.63, 3.8) is 0 Å². The Labute approximate surface area is 102 Å². The van der Waals surface area contributed by atoms with Crippen LogP contribution in [0.2, 0.25) is 0 Å². The number of pyridine rings is 1. The quantitative estimate of drug-likeness (QED) is 0.881. The molecular formula is C13H20N4. The molecule has 0 aliphatic carbocycles. The minimum Gasteiger partial charge on any atom is -0.353 e. The Hall–Kier alpha value is -1.58. The molecule has 0 fully saturated rings. The predicted molar refractivity (Wildman–Crippen MR) is 70.2 cm³/mol. The fraction of sp³-hybridized carbons (Fsp3) is 0.538. The van der Waals surface area contributed by atoms with Crippen LogP contribution in [0.5, 0.6) is 0 Å². The third-order valence-corrected chi connectivity index (χ3v) is 3.27. The van der Waals surface area contributed by atoms with Gasteiger partial charge in [0.05, 0.1) is 0 Å². The zero-order chi connectivity index (χ0) is 12.4. The number of aryl methyl sites for hydroxylation is 1. The van der Waals surface area contributed by atoms with Gasteiger partial charge in [-0.3, -0.25) is 0 Å². The summed E-state index contributed by atoms with van der Waals surface area (Å²) in [6, 6.07) is 6.00. The molecule has 4 nitrogen and oxygen atoms in total. The van der Waals surface area contributed by atoms with E-state index in [1.807, 2.05) is 29.6 Å². The maximum atomic E-state index is 4.45. The lowest BCUT2D eigenvalue weighted by atomic mass is 9.98. The average molecular weight is 232 g/mol. The summed E-state index contributed by atoms with van der Waals surface area (Å²) in [7, 11) is 0. The summed E-state index contributed by atoms with van der Waals surface area (Å²) in [6.07, 6.45) is 0. The van der Waals surface area contributed by atoms with Crippen molar-refractivity contribution in [3.8, 4) is 0 Å². The molecular weight excluding hydrogens is 212 g/mol. The summed E-state index contributed by atoms with van der Waals surface area (Å²) < 4.78 is 1.86. The van der Waals surface area contributed by atoms with E-state index in [1.165, 1.54) is 0 Å². The van der Waals surface area contributed by atoms with Gasteiger partial charge in [0.1, 0.15) is 0 Å². The third-order valence-electron chi connectivity index (χ3n) is 3.27. The lowest BCUT2D eigenvalue weighted by Crippen LogP contribution is -2.16. The highest BCUT2D eigenvalue weighted by atomic mass is 15.3. The Bertz CT molecular complexity index is 501. The molecule has 0 aliphatic rings. The Morgan fingerprint density at radius 1 is 1.29 bits per heavy atom. The Morgan fingerprint density at radius 2 is 2.06 bits per heavy atom. The largest absolute Gasteiger partial charge is 0.353 e. The van der Waals surface area contributed by atoms with Gasteiger partial charge in [-0.25, -0.2) is 4.52 Å². The molecule has 1 atom stereocenters. The molecule has 2 aromatic heterocycles. The normalized spacial score (nSPS) is 13.2. The van der Waals surface area contributed by atoms with Gasteiger partial charge in [-0.15, -0.1) is 5.10 Å². The van der Waals surface area contributed by atoms with Gasteiger partial charge in [0.2, 0.25) is 5.95 Å². The minimum atomic E-state index is 0.614.